The second kappa shape index (κ2) is 15.1. The highest BCUT2D eigenvalue weighted by Crippen LogP contribution is 2.46. The van der Waals surface area contributed by atoms with Gasteiger partial charge in [0, 0.05) is 17.9 Å². The Bertz CT molecular complexity index is 2240. The molecule has 5 heteroatoms. The molecule has 0 aromatic heterocycles. The molecule has 256 valence electrons. The lowest BCUT2D eigenvalue weighted by atomic mass is 9.82. The first-order chi connectivity index (χ1) is 24.7. The van der Waals surface area contributed by atoms with Crippen molar-refractivity contribution in [2.45, 2.75) is 32.6 Å². The van der Waals surface area contributed by atoms with Crippen LogP contribution in [0.25, 0.3) is 38.2 Å². The number of rotatable bonds is 8. The minimum absolute atomic E-state index is 0.00205. The van der Waals surface area contributed by atoms with Gasteiger partial charge < -0.3 is 25.2 Å². The van der Waals surface area contributed by atoms with Crippen LogP contribution in [-0.2, 0) is 6.42 Å². The Hall–Kier alpha value is -6.20. The summed E-state index contributed by atoms with van der Waals surface area (Å²) in [6.07, 6.45) is 11.1. The molecular formula is C46H42O5. The van der Waals surface area contributed by atoms with Gasteiger partial charge in [0.15, 0.2) is 17.3 Å². The van der Waals surface area contributed by atoms with E-state index in [0.717, 1.165) is 61.5 Å². The Morgan fingerprint density at radius 2 is 1.43 bits per heavy atom. The first-order valence-corrected chi connectivity index (χ1v) is 17.0. The van der Waals surface area contributed by atoms with Crippen LogP contribution in [0.4, 0.5) is 0 Å². The second-order valence-corrected chi connectivity index (χ2v) is 12.8. The Morgan fingerprint density at radius 1 is 0.804 bits per heavy atom. The zero-order valence-electron chi connectivity index (χ0n) is 28.9. The number of aliphatic hydroxyl groups excluding tert-OH is 4. The van der Waals surface area contributed by atoms with Gasteiger partial charge in [-0.3, -0.25) is 0 Å². The molecule has 6 rings (SSSR count). The molecule has 0 radical (unpaired) electrons. The zero-order chi connectivity index (χ0) is 36.1. The quantitative estimate of drug-likeness (QED) is 0.0569. The van der Waals surface area contributed by atoms with Gasteiger partial charge in [-0.1, -0.05) is 141 Å². The van der Waals surface area contributed by atoms with Gasteiger partial charge in [0.05, 0.1) is 5.57 Å². The lowest BCUT2D eigenvalue weighted by Crippen LogP contribution is -2.07. The normalized spacial score (nSPS) is 18.0. The average molecular weight is 675 g/mol. The predicted octanol–water partition coefficient (Wildman–Crippen LogP) is 12.1. The third kappa shape index (κ3) is 6.97. The number of allylic oxidation sites excluding steroid dienone is 8. The summed E-state index contributed by atoms with van der Waals surface area (Å²) in [5.41, 5.74) is 6.91. The third-order valence-corrected chi connectivity index (χ3v) is 9.45. The SMILES string of the molecule is C=C/C=C\C1=C(/C)COc2cccc(-c3c4ccccc4c(C/C(O)=C(\C(O)=C(\O)C(=C)O)c4ccccc4)c4ccccc34)c2C(C)/C=C\C1. The van der Waals surface area contributed by atoms with Crippen molar-refractivity contribution in [2.75, 3.05) is 6.61 Å². The van der Waals surface area contributed by atoms with Crippen molar-refractivity contribution in [2.24, 2.45) is 0 Å². The minimum atomic E-state index is -0.807. The molecule has 5 nitrogen and oxygen atoms in total. The standard InChI is InChI=1S/C46H42O5/c1-5-6-17-32-20-14-16-29(2)42-38(25-15-26-41(42)51-28-30(32)3)44-36-23-12-10-21-34(36)39(35-22-11-13-24-37(35)44)27-40(48)43(33-18-8-7-9-19-33)46(50)45(49)31(4)47/h5-19,21-26,29,47-50H,1,4,20,27-28H2,2-3H3/b16-14-,17-6-,32-30-,43-40+,46-45-. The molecule has 1 heterocycles. The predicted molar refractivity (Wildman–Crippen MR) is 210 cm³/mol. The van der Waals surface area contributed by atoms with Crippen molar-refractivity contribution in [3.8, 4) is 16.9 Å². The van der Waals surface area contributed by atoms with E-state index < -0.39 is 17.3 Å². The average Bonchev–Trinajstić information content (AvgIpc) is 3.14. The highest BCUT2D eigenvalue weighted by atomic mass is 16.5. The first kappa shape index (κ1) is 34.7. The summed E-state index contributed by atoms with van der Waals surface area (Å²) in [5.74, 6) is -1.48. The largest absolute Gasteiger partial charge is 0.511 e. The molecule has 4 N–H and O–H groups in total. The molecule has 0 saturated heterocycles. The summed E-state index contributed by atoms with van der Waals surface area (Å²) in [6.45, 7) is 11.9. The molecule has 0 bridgehead atoms. The Balaban J connectivity index is 1.59. The Kier molecular flexibility index (Phi) is 10.3. The van der Waals surface area contributed by atoms with Crippen molar-refractivity contribution in [1.82, 2.24) is 0 Å². The van der Waals surface area contributed by atoms with Crippen LogP contribution in [0.5, 0.6) is 5.75 Å². The third-order valence-electron chi connectivity index (χ3n) is 9.45. The van der Waals surface area contributed by atoms with E-state index in [1.165, 1.54) is 5.57 Å². The molecule has 1 aliphatic heterocycles. The Labute approximate surface area is 299 Å². The first-order valence-electron chi connectivity index (χ1n) is 17.0. The molecule has 5 aromatic rings. The van der Waals surface area contributed by atoms with Crippen LogP contribution in [-0.4, -0.2) is 27.0 Å². The van der Waals surface area contributed by atoms with Gasteiger partial charge >= 0.3 is 0 Å². The fraction of sp³-hybridized carbons (Fsp3) is 0.130. The van der Waals surface area contributed by atoms with E-state index >= 15 is 0 Å². The van der Waals surface area contributed by atoms with Gasteiger partial charge in [-0.05, 0) is 74.4 Å². The molecule has 0 saturated carbocycles. The smallest absolute Gasteiger partial charge is 0.200 e. The molecule has 1 aliphatic rings. The van der Waals surface area contributed by atoms with Crippen LogP contribution in [0.15, 0.2) is 175 Å². The number of fused-ring (bicyclic) bond motifs is 3. The number of aliphatic hydroxyl groups is 4. The van der Waals surface area contributed by atoms with Crippen LogP contribution in [0.3, 0.4) is 0 Å². The van der Waals surface area contributed by atoms with E-state index in [4.69, 9.17) is 4.74 Å². The molecule has 0 fully saturated rings. The van der Waals surface area contributed by atoms with Gasteiger partial charge in [-0.2, -0.15) is 0 Å². The Morgan fingerprint density at radius 3 is 2.06 bits per heavy atom. The maximum atomic E-state index is 11.8. The maximum absolute atomic E-state index is 11.8. The summed E-state index contributed by atoms with van der Waals surface area (Å²) < 4.78 is 6.58. The lowest BCUT2D eigenvalue weighted by Gasteiger charge is -2.24. The van der Waals surface area contributed by atoms with Crippen LogP contribution in [0.2, 0.25) is 0 Å². The van der Waals surface area contributed by atoms with Crippen LogP contribution in [0.1, 0.15) is 42.9 Å². The minimum Gasteiger partial charge on any atom is -0.511 e. The van der Waals surface area contributed by atoms with E-state index in [9.17, 15) is 20.4 Å². The molecule has 1 atom stereocenters. The van der Waals surface area contributed by atoms with Crippen molar-refractivity contribution in [3.63, 3.8) is 0 Å². The van der Waals surface area contributed by atoms with Crippen LogP contribution < -0.4 is 4.74 Å². The molecule has 51 heavy (non-hydrogen) atoms. The van der Waals surface area contributed by atoms with Crippen molar-refractivity contribution in [3.05, 3.63) is 191 Å². The fourth-order valence-electron chi connectivity index (χ4n) is 6.96. The highest BCUT2D eigenvalue weighted by Gasteiger charge is 2.24. The molecular weight excluding hydrogens is 633 g/mol. The van der Waals surface area contributed by atoms with Crippen molar-refractivity contribution in [1.29, 1.82) is 0 Å². The van der Waals surface area contributed by atoms with Crippen molar-refractivity contribution < 1.29 is 25.2 Å². The molecule has 1 unspecified atom stereocenters. The number of benzene rings is 5. The maximum Gasteiger partial charge on any atom is 0.200 e. The monoisotopic (exact) mass is 674 g/mol. The fourth-order valence-corrected chi connectivity index (χ4v) is 6.96. The van der Waals surface area contributed by atoms with Crippen molar-refractivity contribution >= 4 is 27.1 Å². The summed E-state index contributed by atoms with van der Waals surface area (Å²) in [7, 11) is 0. The zero-order valence-corrected chi connectivity index (χ0v) is 28.9. The second-order valence-electron chi connectivity index (χ2n) is 12.8. The molecule has 0 amide bonds. The number of hydrogen-bond donors (Lipinski definition) is 4. The highest BCUT2D eigenvalue weighted by molar-refractivity contribution is 6.15. The van der Waals surface area contributed by atoms with E-state index in [-0.39, 0.29) is 23.7 Å². The van der Waals surface area contributed by atoms with E-state index in [0.29, 0.717) is 12.2 Å². The van der Waals surface area contributed by atoms with Gasteiger partial charge in [0.25, 0.3) is 0 Å². The molecule has 5 aromatic carbocycles. The van der Waals surface area contributed by atoms with Crippen LogP contribution >= 0.6 is 0 Å². The number of hydrogen-bond acceptors (Lipinski definition) is 5. The lowest BCUT2D eigenvalue weighted by molar-refractivity contribution is 0.292. The number of ether oxygens (including phenoxy) is 1. The molecule has 0 spiro atoms. The van der Waals surface area contributed by atoms with E-state index in [1.807, 2.05) is 60.7 Å². The summed E-state index contributed by atoms with van der Waals surface area (Å²) in [6, 6.07) is 31.3. The van der Waals surface area contributed by atoms with Gasteiger partial charge in [0.2, 0.25) is 0 Å². The summed E-state index contributed by atoms with van der Waals surface area (Å²) in [4.78, 5) is 0. The van der Waals surface area contributed by atoms with Gasteiger partial charge in [-0.25, -0.2) is 0 Å². The molecule has 0 aliphatic carbocycles. The van der Waals surface area contributed by atoms with E-state index in [1.54, 1.807) is 30.3 Å². The van der Waals surface area contributed by atoms with Gasteiger partial charge in [0.1, 0.15) is 18.1 Å². The van der Waals surface area contributed by atoms with E-state index in [2.05, 4.69) is 63.4 Å². The van der Waals surface area contributed by atoms with Crippen LogP contribution in [0, 0.1) is 0 Å². The van der Waals surface area contributed by atoms with Gasteiger partial charge in [-0.15, -0.1) is 0 Å². The summed E-state index contributed by atoms with van der Waals surface area (Å²) >= 11 is 0. The summed E-state index contributed by atoms with van der Waals surface area (Å²) in [5, 5.41) is 47.2. The topological polar surface area (TPSA) is 90.2 Å².